The third-order valence-electron chi connectivity index (χ3n) is 3.02. The molecule has 4 nitrogen and oxygen atoms in total. The molecule has 0 spiro atoms. The highest BCUT2D eigenvalue weighted by atomic mass is 15.1. The molecule has 0 aliphatic carbocycles. The van der Waals surface area contributed by atoms with Crippen molar-refractivity contribution in [1.82, 2.24) is 10.2 Å². The zero-order valence-corrected chi connectivity index (χ0v) is 12.4. The van der Waals surface area contributed by atoms with E-state index in [0.29, 0.717) is 13.1 Å². The van der Waals surface area contributed by atoms with Gasteiger partial charge in [0.25, 0.3) is 0 Å². The van der Waals surface area contributed by atoms with Gasteiger partial charge in [0, 0.05) is 24.2 Å². The van der Waals surface area contributed by atoms with Crippen molar-refractivity contribution in [1.29, 1.82) is 0 Å². The number of hydrogen-bond donors (Lipinski definition) is 2. The van der Waals surface area contributed by atoms with Gasteiger partial charge in [0.15, 0.2) is 0 Å². The van der Waals surface area contributed by atoms with Crippen LogP contribution in [0.5, 0.6) is 0 Å². The van der Waals surface area contributed by atoms with E-state index in [1.807, 2.05) is 42.5 Å². The van der Waals surface area contributed by atoms with Gasteiger partial charge < -0.3 is 11.5 Å². The minimum atomic E-state index is 0.597. The van der Waals surface area contributed by atoms with E-state index in [0.717, 1.165) is 22.4 Å². The number of nitrogens with two attached hydrogens (primary N) is 2. The van der Waals surface area contributed by atoms with Crippen LogP contribution in [0.25, 0.3) is 22.4 Å². The SMILES string of the molecule is NCCN.c1ccc(-c2ccnnc2-c2ccccc2)cc1. The van der Waals surface area contributed by atoms with Gasteiger partial charge >= 0.3 is 0 Å². The molecular formula is C18H20N4. The van der Waals surface area contributed by atoms with Crippen molar-refractivity contribution in [2.24, 2.45) is 11.5 Å². The molecule has 3 rings (SSSR count). The lowest BCUT2D eigenvalue weighted by Gasteiger charge is -2.07. The molecule has 4 N–H and O–H groups in total. The molecule has 0 fully saturated rings. The monoisotopic (exact) mass is 292 g/mol. The first-order valence-corrected chi connectivity index (χ1v) is 7.19. The minimum Gasteiger partial charge on any atom is -0.329 e. The molecule has 112 valence electrons. The van der Waals surface area contributed by atoms with Crippen LogP contribution >= 0.6 is 0 Å². The Balaban J connectivity index is 0.000000396. The van der Waals surface area contributed by atoms with Crippen molar-refractivity contribution in [2.75, 3.05) is 13.1 Å². The number of hydrogen-bond acceptors (Lipinski definition) is 4. The molecule has 4 heteroatoms. The van der Waals surface area contributed by atoms with Crippen molar-refractivity contribution >= 4 is 0 Å². The van der Waals surface area contributed by atoms with Crippen molar-refractivity contribution < 1.29 is 0 Å². The normalized spacial score (nSPS) is 9.73. The lowest BCUT2D eigenvalue weighted by Crippen LogP contribution is -2.11. The summed E-state index contributed by atoms with van der Waals surface area (Å²) in [7, 11) is 0. The zero-order valence-electron chi connectivity index (χ0n) is 12.4. The van der Waals surface area contributed by atoms with Crippen LogP contribution in [0.4, 0.5) is 0 Å². The van der Waals surface area contributed by atoms with Crippen LogP contribution in [0.2, 0.25) is 0 Å². The van der Waals surface area contributed by atoms with Crippen LogP contribution in [0, 0.1) is 0 Å². The summed E-state index contributed by atoms with van der Waals surface area (Å²) in [6.45, 7) is 1.19. The number of aromatic nitrogens is 2. The van der Waals surface area contributed by atoms with Gasteiger partial charge in [-0.3, -0.25) is 0 Å². The topological polar surface area (TPSA) is 77.8 Å². The average Bonchev–Trinajstić information content (AvgIpc) is 2.63. The Bertz CT molecular complexity index is 608. The first kappa shape index (κ1) is 15.8. The second kappa shape index (κ2) is 8.67. The molecule has 0 bridgehead atoms. The van der Waals surface area contributed by atoms with Gasteiger partial charge in [0.2, 0.25) is 0 Å². The highest BCUT2D eigenvalue weighted by Gasteiger charge is 2.07. The first-order chi connectivity index (χ1) is 10.9. The van der Waals surface area contributed by atoms with Crippen LogP contribution in [0.15, 0.2) is 72.9 Å². The summed E-state index contributed by atoms with van der Waals surface area (Å²) in [5, 5.41) is 8.27. The molecule has 0 saturated heterocycles. The van der Waals surface area contributed by atoms with Gasteiger partial charge in [0.1, 0.15) is 5.69 Å². The molecule has 1 heterocycles. The summed E-state index contributed by atoms with van der Waals surface area (Å²) in [6.07, 6.45) is 1.73. The van der Waals surface area contributed by atoms with E-state index in [1.165, 1.54) is 0 Å². The summed E-state index contributed by atoms with van der Waals surface area (Å²) in [5.74, 6) is 0. The molecule has 0 amide bonds. The van der Waals surface area contributed by atoms with Crippen molar-refractivity contribution in [3.8, 4) is 22.4 Å². The standard InChI is InChI=1S/C16H12N2.C2H8N2/c1-3-7-13(8-4-1)15-11-12-17-18-16(15)14-9-5-2-6-10-14;3-1-2-4/h1-12H;1-4H2. The van der Waals surface area contributed by atoms with E-state index in [4.69, 9.17) is 11.5 Å². The van der Waals surface area contributed by atoms with Gasteiger partial charge in [0.05, 0.1) is 6.20 Å². The van der Waals surface area contributed by atoms with Gasteiger partial charge in [-0.25, -0.2) is 0 Å². The summed E-state index contributed by atoms with van der Waals surface area (Å²) < 4.78 is 0. The molecule has 0 aliphatic rings. The zero-order chi connectivity index (χ0) is 15.6. The molecule has 1 aromatic heterocycles. The lowest BCUT2D eigenvalue weighted by molar-refractivity contribution is 0.976. The molecule has 3 aromatic rings. The van der Waals surface area contributed by atoms with Gasteiger partial charge in [-0.15, -0.1) is 5.10 Å². The van der Waals surface area contributed by atoms with Gasteiger partial charge in [-0.1, -0.05) is 60.7 Å². The second-order valence-corrected chi connectivity index (χ2v) is 4.60. The van der Waals surface area contributed by atoms with Crippen molar-refractivity contribution in [3.05, 3.63) is 72.9 Å². The summed E-state index contributed by atoms with van der Waals surface area (Å²) >= 11 is 0. The Morgan fingerprint density at radius 2 is 1.23 bits per heavy atom. The molecule has 0 aliphatic heterocycles. The molecule has 2 aromatic carbocycles. The van der Waals surface area contributed by atoms with Crippen LogP contribution in [-0.4, -0.2) is 23.3 Å². The highest BCUT2D eigenvalue weighted by Crippen LogP contribution is 2.28. The Hall–Kier alpha value is -2.56. The Kier molecular flexibility index (Phi) is 6.23. The molecule has 0 radical (unpaired) electrons. The van der Waals surface area contributed by atoms with Gasteiger partial charge in [-0.05, 0) is 11.6 Å². The van der Waals surface area contributed by atoms with E-state index in [9.17, 15) is 0 Å². The quantitative estimate of drug-likeness (QED) is 0.778. The van der Waals surface area contributed by atoms with E-state index < -0.39 is 0 Å². The second-order valence-electron chi connectivity index (χ2n) is 4.60. The van der Waals surface area contributed by atoms with Crippen LogP contribution in [0.3, 0.4) is 0 Å². The van der Waals surface area contributed by atoms with E-state index >= 15 is 0 Å². The van der Waals surface area contributed by atoms with E-state index in [-0.39, 0.29) is 0 Å². The van der Waals surface area contributed by atoms with E-state index in [2.05, 4.69) is 34.5 Å². The molecule has 22 heavy (non-hydrogen) atoms. The maximum Gasteiger partial charge on any atom is 0.101 e. The molecule has 0 saturated carbocycles. The minimum absolute atomic E-state index is 0.597. The van der Waals surface area contributed by atoms with E-state index in [1.54, 1.807) is 6.20 Å². The maximum atomic E-state index is 4.90. The fourth-order valence-electron chi connectivity index (χ4n) is 1.99. The van der Waals surface area contributed by atoms with Crippen LogP contribution in [0.1, 0.15) is 0 Å². The maximum absolute atomic E-state index is 4.90. The average molecular weight is 292 g/mol. The molecular weight excluding hydrogens is 272 g/mol. The summed E-state index contributed by atoms with van der Waals surface area (Å²) in [5.41, 5.74) is 14.1. The first-order valence-electron chi connectivity index (χ1n) is 7.19. The largest absolute Gasteiger partial charge is 0.329 e. The van der Waals surface area contributed by atoms with Crippen LogP contribution < -0.4 is 11.5 Å². The number of benzene rings is 2. The Labute approximate surface area is 130 Å². The van der Waals surface area contributed by atoms with Gasteiger partial charge in [-0.2, -0.15) is 5.10 Å². The Morgan fingerprint density at radius 1 is 0.682 bits per heavy atom. The predicted molar refractivity (Wildman–Crippen MR) is 91.0 cm³/mol. The summed E-state index contributed by atoms with van der Waals surface area (Å²) in [4.78, 5) is 0. The third kappa shape index (κ3) is 4.22. The Morgan fingerprint density at radius 3 is 1.77 bits per heavy atom. The number of rotatable bonds is 3. The fraction of sp³-hybridized carbons (Fsp3) is 0.111. The smallest absolute Gasteiger partial charge is 0.101 e. The number of nitrogens with zero attached hydrogens (tertiary/aromatic N) is 2. The van der Waals surface area contributed by atoms with Crippen LogP contribution in [-0.2, 0) is 0 Å². The lowest BCUT2D eigenvalue weighted by atomic mass is 10.0. The van der Waals surface area contributed by atoms with Crippen molar-refractivity contribution in [3.63, 3.8) is 0 Å². The predicted octanol–water partition coefficient (Wildman–Crippen LogP) is 2.71. The summed E-state index contributed by atoms with van der Waals surface area (Å²) in [6, 6.07) is 22.4. The molecule has 0 atom stereocenters. The molecule has 0 unspecified atom stereocenters. The fourth-order valence-corrected chi connectivity index (χ4v) is 1.99. The third-order valence-corrected chi connectivity index (χ3v) is 3.02. The highest BCUT2D eigenvalue weighted by molar-refractivity contribution is 5.79. The van der Waals surface area contributed by atoms with Crippen molar-refractivity contribution in [2.45, 2.75) is 0 Å².